The SMILES string of the molecule is CCOc1ccc(NC(=O)NC(=O)COC(=O)c2ccco2)cc1OCC. The van der Waals surface area contributed by atoms with Gasteiger partial charge in [0.25, 0.3) is 5.91 Å². The lowest BCUT2D eigenvalue weighted by atomic mass is 10.2. The number of furan rings is 1. The van der Waals surface area contributed by atoms with Crippen LogP contribution in [0.5, 0.6) is 11.5 Å². The van der Waals surface area contributed by atoms with Crippen LogP contribution >= 0.6 is 0 Å². The van der Waals surface area contributed by atoms with E-state index in [1.54, 1.807) is 18.2 Å². The van der Waals surface area contributed by atoms with Gasteiger partial charge in [0.2, 0.25) is 5.76 Å². The van der Waals surface area contributed by atoms with Gasteiger partial charge in [-0.25, -0.2) is 9.59 Å². The molecule has 1 aromatic heterocycles. The summed E-state index contributed by atoms with van der Waals surface area (Å²) in [7, 11) is 0. The Balaban J connectivity index is 1.86. The molecule has 0 saturated heterocycles. The van der Waals surface area contributed by atoms with Crippen molar-refractivity contribution in [2.75, 3.05) is 25.1 Å². The number of anilines is 1. The quantitative estimate of drug-likeness (QED) is 0.680. The predicted octanol–water partition coefficient (Wildman–Crippen LogP) is 2.58. The number of carbonyl (C=O) groups is 3. The highest BCUT2D eigenvalue weighted by Crippen LogP contribution is 2.30. The van der Waals surface area contributed by atoms with E-state index in [1.165, 1.54) is 18.4 Å². The molecule has 0 spiro atoms. The smallest absolute Gasteiger partial charge is 0.374 e. The van der Waals surface area contributed by atoms with Crippen molar-refractivity contribution in [1.29, 1.82) is 0 Å². The van der Waals surface area contributed by atoms with Crippen LogP contribution in [0.1, 0.15) is 24.4 Å². The summed E-state index contributed by atoms with van der Waals surface area (Å²) in [6, 6.07) is 6.97. The first-order valence-corrected chi connectivity index (χ1v) is 8.24. The van der Waals surface area contributed by atoms with Gasteiger partial charge in [-0.05, 0) is 38.1 Å². The molecule has 144 valence electrons. The minimum Gasteiger partial charge on any atom is -0.490 e. The molecule has 9 nitrogen and oxygen atoms in total. The van der Waals surface area contributed by atoms with E-state index in [1.807, 2.05) is 13.8 Å². The van der Waals surface area contributed by atoms with Crippen LogP contribution in [0.4, 0.5) is 10.5 Å². The lowest BCUT2D eigenvalue weighted by Gasteiger charge is -2.13. The molecule has 0 radical (unpaired) electrons. The largest absolute Gasteiger partial charge is 0.490 e. The molecule has 2 aromatic rings. The Morgan fingerprint density at radius 1 is 1.04 bits per heavy atom. The van der Waals surface area contributed by atoms with Gasteiger partial charge in [-0.15, -0.1) is 0 Å². The number of rotatable bonds is 8. The fraction of sp³-hybridized carbons (Fsp3) is 0.278. The van der Waals surface area contributed by atoms with Gasteiger partial charge >= 0.3 is 12.0 Å². The zero-order chi connectivity index (χ0) is 19.6. The van der Waals surface area contributed by atoms with Gasteiger partial charge in [0.15, 0.2) is 18.1 Å². The van der Waals surface area contributed by atoms with Crippen LogP contribution in [0.25, 0.3) is 0 Å². The maximum Gasteiger partial charge on any atom is 0.374 e. The van der Waals surface area contributed by atoms with Gasteiger partial charge in [0.05, 0.1) is 19.5 Å². The molecule has 0 aliphatic rings. The summed E-state index contributed by atoms with van der Waals surface area (Å²) in [5, 5.41) is 4.54. The molecule has 0 fully saturated rings. The average molecular weight is 376 g/mol. The number of urea groups is 1. The molecule has 0 aliphatic carbocycles. The Labute approximate surface area is 155 Å². The molecule has 0 unspecified atom stereocenters. The minimum atomic E-state index is -0.802. The molecule has 27 heavy (non-hydrogen) atoms. The normalized spacial score (nSPS) is 10.0. The fourth-order valence-electron chi connectivity index (χ4n) is 2.05. The number of benzene rings is 1. The van der Waals surface area contributed by atoms with Crippen molar-refractivity contribution in [1.82, 2.24) is 5.32 Å². The topological polar surface area (TPSA) is 116 Å². The van der Waals surface area contributed by atoms with Gasteiger partial charge < -0.3 is 23.9 Å². The molecule has 3 amide bonds. The van der Waals surface area contributed by atoms with Crippen molar-refractivity contribution >= 4 is 23.6 Å². The van der Waals surface area contributed by atoms with Crippen LogP contribution in [-0.4, -0.2) is 37.7 Å². The second kappa shape index (κ2) is 9.85. The zero-order valence-corrected chi connectivity index (χ0v) is 14.9. The van der Waals surface area contributed by atoms with Crippen LogP contribution in [-0.2, 0) is 9.53 Å². The fourth-order valence-corrected chi connectivity index (χ4v) is 2.05. The average Bonchev–Trinajstić information content (AvgIpc) is 3.17. The number of amides is 3. The lowest BCUT2D eigenvalue weighted by Crippen LogP contribution is -2.37. The summed E-state index contributed by atoms with van der Waals surface area (Å²) in [5.74, 6) is -0.612. The zero-order valence-electron chi connectivity index (χ0n) is 14.9. The van der Waals surface area contributed by atoms with Gasteiger partial charge in [-0.3, -0.25) is 10.1 Å². The van der Waals surface area contributed by atoms with Crippen molar-refractivity contribution in [2.45, 2.75) is 13.8 Å². The predicted molar refractivity (Wildman–Crippen MR) is 94.9 cm³/mol. The Morgan fingerprint density at radius 3 is 2.44 bits per heavy atom. The van der Waals surface area contributed by atoms with Crippen LogP contribution in [0.15, 0.2) is 41.0 Å². The molecule has 9 heteroatoms. The first-order valence-electron chi connectivity index (χ1n) is 8.24. The van der Waals surface area contributed by atoms with Crippen molar-refractivity contribution in [2.24, 2.45) is 0 Å². The monoisotopic (exact) mass is 376 g/mol. The first-order chi connectivity index (χ1) is 13.0. The highest BCUT2D eigenvalue weighted by Gasteiger charge is 2.15. The summed E-state index contributed by atoms with van der Waals surface area (Å²) in [6.45, 7) is 3.94. The van der Waals surface area contributed by atoms with E-state index < -0.39 is 24.5 Å². The Kier molecular flexibility index (Phi) is 7.24. The number of nitrogens with one attached hydrogen (secondary N) is 2. The van der Waals surface area contributed by atoms with Gasteiger partial charge in [-0.2, -0.15) is 0 Å². The summed E-state index contributed by atoms with van der Waals surface area (Å²) in [4.78, 5) is 35.2. The van der Waals surface area contributed by atoms with Gasteiger partial charge in [0.1, 0.15) is 0 Å². The molecule has 0 saturated carbocycles. The van der Waals surface area contributed by atoms with Gasteiger partial charge in [0, 0.05) is 11.8 Å². The molecule has 2 rings (SSSR count). The number of hydrogen-bond acceptors (Lipinski definition) is 7. The van der Waals surface area contributed by atoms with Crippen LogP contribution in [0.3, 0.4) is 0 Å². The number of imide groups is 1. The van der Waals surface area contributed by atoms with Gasteiger partial charge in [-0.1, -0.05) is 0 Å². The van der Waals surface area contributed by atoms with Crippen LogP contribution < -0.4 is 20.1 Å². The molecule has 1 aromatic carbocycles. The third kappa shape index (κ3) is 6.07. The third-order valence-corrected chi connectivity index (χ3v) is 3.11. The third-order valence-electron chi connectivity index (χ3n) is 3.11. The maximum absolute atomic E-state index is 11.9. The first kappa shape index (κ1) is 19.8. The molecule has 0 aliphatic heterocycles. The Morgan fingerprint density at radius 2 is 1.78 bits per heavy atom. The number of carbonyl (C=O) groups excluding carboxylic acids is 3. The second-order valence-electron chi connectivity index (χ2n) is 5.08. The molecular weight excluding hydrogens is 356 g/mol. The molecule has 2 N–H and O–H groups in total. The summed E-state index contributed by atoms with van der Waals surface area (Å²) < 4.78 is 20.5. The van der Waals surface area contributed by atoms with E-state index in [0.29, 0.717) is 30.4 Å². The van der Waals surface area contributed by atoms with E-state index in [9.17, 15) is 14.4 Å². The van der Waals surface area contributed by atoms with E-state index in [2.05, 4.69) is 10.6 Å². The van der Waals surface area contributed by atoms with Crippen molar-refractivity contribution in [3.63, 3.8) is 0 Å². The summed E-state index contributed by atoms with van der Waals surface area (Å²) in [6.07, 6.45) is 1.30. The maximum atomic E-state index is 11.9. The van der Waals surface area contributed by atoms with E-state index in [4.69, 9.17) is 18.6 Å². The Bertz CT molecular complexity index is 787. The number of hydrogen-bond donors (Lipinski definition) is 2. The lowest BCUT2D eigenvalue weighted by molar-refractivity contribution is -0.123. The molecular formula is C18H20N2O7. The standard InChI is InChI=1S/C18H20N2O7/c1-3-24-13-8-7-12(10-15(13)25-4-2)19-18(23)20-16(21)11-27-17(22)14-6-5-9-26-14/h5-10H,3-4,11H2,1-2H3,(H2,19,20,21,23). The Hall–Kier alpha value is -3.49. The van der Waals surface area contributed by atoms with Crippen LogP contribution in [0, 0.1) is 0 Å². The summed E-state index contributed by atoms with van der Waals surface area (Å²) >= 11 is 0. The summed E-state index contributed by atoms with van der Waals surface area (Å²) in [5.41, 5.74) is 0.403. The van der Waals surface area contributed by atoms with Crippen molar-refractivity contribution < 1.29 is 33.0 Å². The molecule has 0 bridgehead atoms. The highest BCUT2D eigenvalue weighted by atomic mass is 16.5. The van der Waals surface area contributed by atoms with E-state index in [-0.39, 0.29) is 5.76 Å². The second-order valence-corrected chi connectivity index (χ2v) is 5.08. The highest BCUT2D eigenvalue weighted by molar-refractivity contribution is 6.02. The van der Waals surface area contributed by atoms with Crippen molar-refractivity contribution in [3.05, 3.63) is 42.4 Å². The molecule has 1 heterocycles. The van der Waals surface area contributed by atoms with E-state index in [0.717, 1.165) is 0 Å². The number of esters is 1. The van der Waals surface area contributed by atoms with Crippen LogP contribution in [0.2, 0.25) is 0 Å². The minimum absolute atomic E-state index is 0.0370. The van der Waals surface area contributed by atoms with Crippen molar-refractivity contribution in [3.8, 4) is 11.5 Å². The molecule has 0 atom stereocenters. The number of ether oxygens (including phenoxy) is 3. The van der Waals surface area contributed by atoms with E-state index >= 15 is 0 Å².